The van der Waals surface area contributed by atoms with E-state index in [-0.39, 0.29) is 22.6 Å². The topological polar surface area (TPSA) is 94.3 Å². The lowest BCUT2D eigenvalue weighted by Gasteiger charge is -2.09. The third kappa shape index (κ3) is 3.03. The van der Waals surface area contributed by atoms with Crippen LogP contribution < -0.4 is 9.46 Å². The van der Waals surface area contributed by atoms with Crippen LogP contribution in [0.5, 0.6) is 5.75 Å². The van der Waals surface area contributed by atoms with Crippen LogP contribution in [-0.4, -0.2) is 25.7 Å². The van der Waals surface area contributed by atoms with Gasteiger partial charge in [0, 0.05) is 10.4 Å². The Kier molecular flexibility index (Phi) is 3.62. The lowest BCUT2D eigenvalue weighted by molar-refractivity contribution is 0.402. The zero-order chi connectivity index (χ0) is 15.0. The number of nitrogens with zero attached hydrogens (tertiary/aromatic N) is 2. The van der Waals surface area contributed by atoms with Crippen molar-refractivity contribution in [3.63, 3.8) is 0 Å². The van der Waals surface area contributed by atoms with Crippen molar-refractivity contribution in [3.05, 3.63) is 28.6 Å². The lowest BCUT2D eigenvalue weighted by Crippen LogP contribution is -2.14. The summed E-state index contributed by atoms with van der Waals surface area (Å²) < 4.78 is 38.0. The van der Waals surface area contributed by atoms with Crippen molar-refractivity contribution >= 4 is 32.0 Å². The summed E-state index contributed by atoms with van der Waals surface area (Å²) in [6, 6.07) is 4.55. The molecule has 0 atom stereocenters. The van der Waals surface area contributed by atoms with Gasteiger partial charge in [-0.3, -0.25) is 0 Å². The molecule has 0 amide bonds. The van der Waals surface area contributed by atoms with E-state index in [2.05, 4.69) is 30.8 Å². The summed E-state index contributed by atoms with van der Waals surface area (Å²) in [5.41, 5.74) is 0. The predicted molar refractivity (Wildman–Crippen MR) is 77.8 cm³/mol. The van der Waals surface area contributed by atoms with Gasteiger partial charge in [0.2, 0.25) is 5.89 Å². The van der Waals surface area contributed by atoms with Gasteiger partial charge in [-0.2, -0.15) is 0 Å². The second-order valence-corrected chi connectivity index (χ2v) is 7.19. The molecule has 1 fully saturated rings. The Morgan fingerprint density at radius 2 is 2.14 bits per heavy atom. The number of benzene rings is 1. The van der Waals surface area contributed by atoms with Crippen molar-refractivity contribution in [2.45, 2.75) is 23.7 Å². The molecule has 0 bridgehead atoms. The average molecular weight is 374 g/mol. The van der Waals surface area contributed by atoms with Crippen molar-refractivity contribution in [1.29, 1.82) is 0 Å². The summed E-state index contributed by atoms with van der Waals surface area (Å²) in [6.45, 7) is 0. The molecule has 21 heavy (non-hydrogen) atoms. The fourth-order valence-corrected chi connectivity index (χ4v) is 3.43. The first-order valence-electron chi connectivity index (χ1n) is 6.19. The minimum atomic E-state index is -3.87. The van der Waals surface area contributed by atoms with E-state index in [9.17, 15) is 8.42 Å². The third-order valence-corrected chi connectivity index (χ3v) is 4.84. The van der Waals surface area contributed by atoms with Gasteiger partial charge in [-0.1, -0.05) is 21.0 Å². The largest absolute Gasteiger partial charge is 0.495 e. The fraction of sp³-hybridized carbons (Fsp3) is 0.333. The maximum atomic E-state index is 12.4. The predicted octanol–water partition coefficient (Wildman–Crippen LogP) is 2.52. The number of anilines is 1. The van der Waals surface area contributed by atoms with Crippen LogP contribution >= 0.6 is 15.9 Å². The van der Waals surface area contributed by atoms with Crippen LogP contribution in [0.3, 0.4) is 0 Å². The van der Waals surface area contributed by atoms with Crippen LogP contribution in [0.15, 0.2) is 32.0 Å². The number of sulfonamides is 1. The number of rotatable bonds is 5. The number of hydrogen-bond donors (Lipinski definition) is 1. The van der Waals surface area contributed by atoms with Gasteiger partial charge in [0.15, 0.2) is 0 Å². The van der Waals surface area contributed by atoms with Gasteiger partial charge in [-0.05, 0) is 31.0 Å². The van der Waals surface area contributed by atoms with Crippen molar-refractivity contribution in [2.24, 2.45) is 0 Å². The normalized spacial score (nSPS) is 15.0. The van der Waals surface area contributed by atoms with Crippen LogP contribution in [-0.2, 0) is 10.0 Å². The van der Waals surface area contributed by atoms with Crippen molar-refractivity contribution < 1.29 is 17.6 Å². The SMILES string of the molecule is COc1ccc(Br)cc1S(=O)(=O)Nc1nnc(C2CC2)o1. The summed E-state index contributed by atoms with van der Waals surface area (Å²) in [6.07, 6.45) is 1.99. The Labute approximate surface area is 129 Å². The molecule has 1 aromatic carbocycles. The Hall–Kier alpha value is -1.61. The van der Waals surface area contributed by atoms with Crippen LogP contribution in [0.4, 0.5) is 6.01 Å². The third-order valence-electron chi connectivity index (χ3n) is 3.00. The van der Waals surface area contributed by atoms with Gasteiger partial charge in [0.1, 0.15) is 10.6 Å². The van der Waals surface area contributed by atoms with Crippen molar-refractivity contribution in [1.82, 2.24) is 10.2 Å². The quantitative estimate of drug-likeness (QED) is 0.864. The minimum absolute atomic E-state index is 0.00875. The molecule has 112 valence electrons. The van der Waals surface area contributed by atoms with Gasteiger partial charge in [-0.15, -0.1) is 5.10 Å². The van der Waals surface area contributed by atoms with Gasteiger partial charge >= 0.3 is 6.01 Å². The smallest absolute Gasteiger partial charge is 0.329 e. The first-order chi connectivity index (χ1) is 9.99. The monoisotopic (exact) mass is 373 g/mol. The number of ether oxygens (including phenoxy) is 1. The maximum Gasteiger partial charge on any atom is 0.329 e. The molecule has 0 radical (unpaired) electrons. The van der Waals surface area contributed by atoms with E-state index in [1.54, 1.807) is 12.1 Å². The average Bonchev–Trinajstić information content (AvgIpc) is 3.20. The molecule has 1 N–H and O–H groups in total. The van der Waals surface area contributed by atoms with Crippen LogP contribution in [0.2, 0.25) is 0 Å². The first kappa shape index (κ1) is 14.3. The standard InChI is InChI=1S/C12H12BrN3O4S/c1-19-9-5-4-8(13)6-10(9)21(17,18)16-12-15-14-11(20-12)7-2-3-7/h4-7H,2-3H2,1H3,(H,15,16). The number of methoxy groups -OCH3 is 1. The number of halogens is 1. The van der Waals surface area contributed by atoms with Gasteiger partial charge < -0.3 is 9.15 Å². The molecule has 9 heteroatoms. The van der Waals surface area contributed by atoms with Gasteiger partial charge in [0.25, 0.3) is 10.0 Å². The first-order valence-corrected chi connectivity index (χ1v) is 8.47. The summed E-state index contributed by atoms with van der Waals surface area (Å²) in [4.78, 5) is -0.00875. The zero-order valence-electron chi connectivity index (χ0n) is 11.0. The number of aromatic nitrogens is 2. The fourth-order valence-electron chi connectivity index (χ4n) is 1.80. The van der Waals surface area contributed by atoms with E-state index in [1.165, 1.54) is 13.2 Å². The van der Waals surface area contributed by atoms with Crippen LogP contribution in [0.25, 0.3) is 0 Å². The van der Waals surface area contributed by atoms with E-state index in [4.69, 9.17) is 9.15 Å². The van der Waals surface area contributed by atoms with E-state index >= 15 is 0 Å². The highest BCUT2D eigenvalue weighted by Crippen LogP contribution is 2.39. The molecule has 7 nitrogen and oxygen atoms in total. The Morgan fingerprint density at radius 3 is 2.81 bits per heavy atom. The van der Waals surface area contributed by atoms with E-state index in [0.29, 0.717) is 10.4 Å². The van der Waals surface area contributed by atoms with Gasteiger partial charge in [0.05, 0.1) is 7.11 Å². The minimum Gasteiger partial charge on any atom is -0.495 e. The summed E-state index contributed by atoms with van der Waals surface area (Å²) in [7, 11) is -2.47. The van der Waals surface area contributed by atoms with Crippen molar-refractivity contribution in [3.8, 4) is 5.75 Å². The Morgan fingerprint density at radius 1 is 1.38 bits per heavy atom. The molecule has 1 aromatic heterocycles. The lowest BCUT2D eigenvalue weighted by atomic mass is 10.3. The van der Waals surface area contributed by atoms with Crippen molar-refractivity contribution in [2.75, 3.05) is 11.8 Å². The molecule has 1 aliphatic rings. The molecule has 1 aliphatic carbocycles. The van der Waals surface area contributed by atoms with Crippen LogP contribution in [0, 0.1) is 0 Å². The molecule has 1 heterocycles. The molecule has 0 spiro atoms. The Balaban J connectivity index is 1.90. The summed E-state index contributed by atoms with van der Waals surface area (Å²) >= 11 is 3.24. The molecule has 0 aliphatic heterocycles. The molecular formula is C12H12BrN3O4S. The van der Waals surface area contributed by atoms with Gasteiger partial charge in [-0.25, -0.2) is 13.1 Å². The molecule has 1 saturated carbocycles. The second kappa shape index (κ2) is 5.30. The van der Waals surface area contributed by atoms with E-state index < -0.39 is 10.0 Å². The highest BCUT2D eigenvalue weighted by molar-refractivity contribution is 9.10. The second-order valence-electron chi connectivity index (χ2n) is 4.62. The highest BCUT2D eigenvalue weighted by Gasteiger charge is 2.30. The van der Waals surface area contributed by atoms with E-state index in [1.807, 2.05) is 0 Å². The molecular weight excluding hydrogens is 362 g/mol. The zero-order valence-corrected chi connectivity index (χ0v) is 13.4. The molecule has 3 rings (SSSR count). The summed E-state index contributed by atoms with van der Waals surface area (Å²) in [5.74, 6) is 0.956. The summed E-state index contributed by atoms with van der Waals surface area (Å²) in [5, 5.41) is 7.54. The Bertz CT molecular complexity index is 771. The maximum absolute atomic E-state index is 12.4. The molecule has 2 aromatic rings. The highest BCUT2D eigenvalue weighted by atomic mass is 79.9. The van der Waals surface area contributed by atoms with E-state index in [0.717, 1.165) is 12.8 Å². The molecule has 0 unspecified atom stereocenters. The van der Waals surface area contributed by atoms with Crippen LogP contribution in [0.1, 0.15) is 24.7 Å². The molecule has 0 saturated heterocycles. The number of hydrogen-bond acceptors (Lipinski definition) is 6. The number of nitrogens with one attached hydrogen (secondary N) is 1.